The lowest BCUT2D eigenvalue weighted by Gasteiger charge is -2.31. The summed E-state index contributed by atoms with van der Waals surface area (Å²) in [7, 11) is 0. The first kappa shape index (κ1) is 12.6. The molecule has 0 spiro atoms. The summed E-state index contributed by atoms with van der Waals surface area (Å²) in [5, 5.41) is 10.7. The zero-order valence-corrected chi connectivity index (χ0v) is 10.6. The van der Waals surface area contributed by atoms with Crippen LogP contribution in [0.2, 0.25) is 0 Å². The Bertz CT molecular complexity index is 323. The van der Waals surface area contributed by atoms with E-state index in [1.807, 2.05) is 6.92 Å². The second-order valence-corrected chi connectivity index (χ2v) is 5.34. The topological polar surface area (TPSA) is 46.5 Å². The maximum atomic E-state index is 11.9. The number of hydrogen-bond acceptors (Lipinski definition) is 3. The van der Waals surface area contributed by atoms with Gasteiger partial charge in [-0.05, 0) is 39.0 Å². The van der Waals surface area contributed by atoms with Gasteiger partial charge in [-0.2, -0.15) is 0 Å². The minimum atomic E-state index is -0.703. The highest BCUT2D eigenvalue weighted by Crippen LogP contribution is 2.50. The van der Waals surface area contributed by atoms with Crippen molar-refractivity contribution in [3.63, 3.8) is 0 Å². The highest BCUT2D eigenvalue weighted by molar-refractivity contribution is 5.74. The Balaban J connectivity index is 2.20. The van der Waals surface area contributed by atoms with Gasteiger partial charge in [-0.25, -0.2) is 0 Å². The molecule has 3 nitrogen and oxygen atoms in total. The van der Waals surface area contributed by atoms with Crippen LogP contribution in [0.1, 0.15) is 45.4 Å². The zero-order chi connectivity index (χ0) is 12.5. The van der Waals surface area contributed by atoms with Crippen LogP contribution in [-0.2, 0) is 9.53 Å². The Morgan fingerprint density at radius 1 is 1.53 bits per heavy atom. The van der Waals surface area contributed by atoms with Crippen molar-refractivity contribution >= 4 is 5.97 Å². The predicted molar refractivity (Wildman–Crippen MR) is 65.4 cm³/mol. The van der Waals surface area contributed by atoms with E-state index >= 15 is 0 Å². The summed E-state index contributed by atoms with van der Waals surface area (Å²) in [4.78, 5) is 11.9. The van der Waals surface area contributed by atoms with Crippen LogP contribution in [0.4, 0.5) is 0 Å². The number of ether oxygens (including phenoxy) is 1. The molecule has 0 unspecified atom stereocenters. The Labute approximate surface area is 103 Å². The molecular weight excluding hydrogens is 216 g/mol. The second kappa shape index (κ2) is 4.81. The lowest BCUT2D eigenvalue weighted by atomic mass is 9.79. The fraction of sp³-hybridized carbons (Fsp3) is 0.786. The van der Waals surface area contributed by atoms with Gasteiger partial charge in [0.05, 0.1) is 18.1 Å². The molecule has 0 aromatic heterocycles. The summed E-state index contributed by atoms with van der Waals surface area (Å²) in [6.45, 7) is 6.32. The van der Waals surface area contributed by atoms with Crippen LogP contribution in [0.5, 0.6) is 0 Å². The molecule has 0 heterocycles. The number of esters is 1. The number of aliphatic hydroxyl groups is 1. The lowest BCUT2D eigenvalue weighted by Crippen LogP contribution is -2.37. The standard InChI is InChI=1S/C14H22O3/c1-3-17-13(15)11-7-9-14(16)8-5-4-6-10(2)12(11)14/h11-12,16H,2-9H2,1H3/t11-,12+,14-/m0/s1. The number of rotatable bonds is 2. The third-order valence-electron chi connectivity index (χ3n) is 4.26. The molecule has 2 saturated carbocycles. The molecule has 2 aliphatic carbocycles. The maximum Gasteiger partial charge on any atom is 0.309 e. The Morgan fingerprint density at radius 2 is 2.29 bits per heavy atom. The summed E-state index contributed by atoms with van der Waals surface area (Å²) in [5.74, 6) is -0.411. The first-order valence-corrected chi connectivity index (χ1v) is 6.65. The maximum absolute atomic E-state index is 11.9. The minimum Gasteiger partial charge on any atom is -0.466 e. The smallest absolute Gasteiger partial charge is 0.309 e. The number of carbonyl (C=O) groups excluding carboxylic acids is 1. The van der Waals surface area contributed by atoms with Crippen molar-refractivity contribution in [3.8, 4) is 0 Å². The van der Waals surface area contributed by atoms with Crippen LogP contribution >= 0.6 is 0 Å². The van der Waals surface area contributed by atoms with E-state index in [4.69, 9.17) is 4.74 Å². The third-order valence-corrected chi connectivity index (χ3v) is 4.26. The molecule has 2 aliphatic rings. The third kappa shape index (κ3) is 2.25. The van der Waals surface area contributed by atoms with Crippen molar-refractivity contribution in [2.75, 3.05) is 6.61 Å². The van der Waals surface area contributed by atoms with Crippen molar-refractivity contribution < 1.29 is 14.6 Å². The van der Waals surface area contributed by atoms with Crippen molar-refractivity contribution in [1.29, 1.82) is 0 Å². The Hall–Kier alpha value is -0.830. The van der Waals surface area contributed by atoms with E-state index in [9.17, 15) is 9.90 Å². The van der Waals surface area contributed by atoms with E-state index in [-0.39, 0.29) is 17.8 Å². The van der Waals surface area contributed by atoms with Crippen molar-refractivity contribution in [1.82, 2.24) is 0 Å². The fourth-order valence-electron chi connectivity index (χ4n) is 3.49. The summed E-state index contributed by atoms with van der Waals surface area (Å²) in [6.07, 6.45) is 5.28. The minimum absolute atomic E-state index is 0.0796. The van der Waals surface area contributed by atoms with Gasteiger partial charge in [0.2, 0.25) is 0 Å². The molecule has 0 bridgehead atoms. The Kier molecular flexibility index (Phi) is 3.57. The van der Waals surface area contributed by atoms with Gasteiger partial charge in [-0.1, -0.05) is 18.6 Å². The summed E-state index contributed by atoms with van der Waals surface area (Å²) < 4.78 is 5.12. The molecule has 0 aliphatic heterocycles. The van der Waals surface area contributed by atoms with E-state index in [1.54, 1.807) is 0 Å². The van der Waals surface area contributed by atoms with Gasteiger partial charge in [-0.3, -0.25) is 4.79 Å². The molecule has 0 radical (unpaired) electrons. The molecule has 3 heteroatoms. The average Bonchev–Trinajstić information content (AvgIpc) is 2.56. The van der Waals surface area contributed by atoms with Gasteiger partial charge in [0.15, 0.2) is 0 Å². The quantitative estimate of drug-likeness (QED) is 0.593. The van der Waals surface area contributed by atoms with Crippen LogP contribution in [0.25, 0.3) is 0 Å². The summed E-state index contributed by atoms with van der Waals surface area (Å²) in [6, 6.07) is 0. The normalized spacial score (nSPS) is 37.4. The molecule has 0 aromatic carbocycles. The largest absolute Gasteiger partial charge is 0.466 e. The highest BCUT2D eigenvalue weighted by atomic mass is 16.5. The van der Waals surface area contributed by atoms with Gasteiger partial charge in [0.25, 0.3) is 0 Å². The van der Waals surface area contributed by atoms with Gasteiger partial charge in [0.1, 0.15) is 0 Å². The van der Waals surface area contributed by atoms with Crippen LogP contribution in [0.15, 0.2) is 12.2 Å². The van der Waals surface area contributed by atoms with E-state index < -0.39 is 5.60 Å². The molecule has 3 atom stereocenters. The molecule has 2 rings (SSSR count). The second-order valence-electron chi connectivity index (χ2n) is 5.34. The van der Waals surface area contributed by atoms with Gasteiger partial charge in [0, 0.05) is 5.92 Å². The molecule has 2 fully saturated rings. The molecule has 17 heavy (non-hydrogen) atoms. The molecule has 0 aromatic rings. The first-order valence-electron chi connectivity index (χ1n) is 6.65. The molecular formula is C14H22O3. The van der Waals surface area contributed by atoms with Crippen LogP contribution in [0, 0.1) is 11.8 Å². The molecule has 1 N–H and O–H groups in total. The molecule has 0 saturated heterocycles. The fourth-order valence-corrected chi connectivity index (χ4v) is 3.49. The molecule has 0 amide bonds. The van der Waals surface area contributed by atoms with Crippen LogP contribution < -0.4 is 0 Å². The molecule has 96 valence electrons. The van der Waals surface area contributed by atoms with Gasteiger partial charge in [-0.15, -0.1) is 0 Å². The summed E-state index contributed by atoms with van der Waals surface area (Å²) >= 11 is 0. The SMILES string of the molecule is C=C1CCCC[C@]2(O)CC[C@H](C(=O)OCC)[C@@H]12. The zero-order valence-electron chi connectivity index (χ0n) is 10.6. The monoisotopic (exact) mass is 238 g/mol. The van der Waals surface area contributed by atoms with E-state index in [2.05, 4.69) is 6.58 Å². The van der Waals surface area contributed by atoms with E-state index in [1.165, 1.54) is 0 Å². The average molecular weight is 238 g/mol. The number of hydrogen-bond donors (Lipinski definition) is 1. The number of fused-ring (bicyclic) bond motifs is 1. The van der Waals surface area contributed by atoms with Gasteiger partial charge >= 0.3 is 5.97 Å². The number of carbonyl (C=O) groups is 1. The Morgan fingerprint density at radius 3 is 3.00 bits per heavy atom. The van der Waals surface area contributed by atoms with E-state index in [0.717, 1.165) is 37.7 Å². The lowest BCUT2D eigenvalue weighted by molar-refractivity contribution is -0.150. The summed E-state index contributed by atoms with van der Waals surface area (Å²) in [5.41, 5.74) is 0.339. The van der Waals surface area contributed by atoms with E-state index in [0.29, 0.717) is 13.0 Å². The van der Waals surface area contributed by atoms with Crippen molar-refractivity contribution in [2.45, 2.75) is 51.0 Å². The first-order chi connectivity index (χ1) is 8.08. The van der Waals surface area contributed by atoms with Crippen molar-refractivity contribution in [2.24, 2.45) is 11.8 Å². The van der Waals surface area contributed by atoms with Crippen LogP contribution in [0.3, 0.4) is 0 Å². The predicted octanol–water partition coefficient (Wildman–Crippen LogP) is 2.44. The highest BCUT2D eigenvalue weighted by Gasteiger charge is 2.51. The van der Waals surface area contributed by atoms with Crippen molar-refractivity contribution in [3.05, 3.63) is 12.2 Å². The van der Waals surface area contributed by atoms with Gasteiger partial charge < -0.3 is 9.84 Å². The van der Waals surface area contributed by atoms with Crippen LogP contribution in [-0.4, -0.2) is 23.3 Å².